The van der Waals surface area contributed by atoms with Crippen LogP contribution >= 0.6 is 0 Å². The van der Waals surface area contributed by atoms with Crippen molar-refractivity contribution in [1.29, 1.82) is 0 Å². The van der Waals surface area contributed by atoms with Crippen molar-refractivity contribution >= 4 is 29.0 Å². The van der Waals surface area contributed by atoms with E-state index in [1.165, 1.54) is 13.4 Å². The predicted octanol–water partition coefficient (Wildman–Crippen LogP) is 2.88. The molecule has 0 aliphatic rings. The molecule has 0 fully saturated rings. The van der Waals surface area contributed by atoms with Crippen LogP contribution in [0.4, 0.5) is 22.1 Å². The van der Waals surface area contributed by atoms with Gasteiger partial charge < -0.3 is 15.1 Å². The third-order valence-electron chi connectivity index (χ3n) is 3.64. The number of nitrogens with one attached hydrogen (secondary N) is 3. The fourth-order valence-electron chi connectivity index (χ4n) is 2.44. The van der Waals surface area contributed by atoms with E-state index >= 15 is 0 Å². The second-order valence-corrected chi connectivity index (χ2v) is 5.42. The summed E-state index contributed by atoms with van der Waals surface area (Å²) in [7, 11) is 1.54. The molecule has 9 heteroatoms. The van der Waals surface area contributed by atoms with E-state index in [2.05, 4.69) is 31.0 Å². The molecule has 0 saturated carbocycles. The van der Waals surface area contributed by atoms with Gasteiger partial charge in [0.15, 0.2) is 29.4 Å². The zero-order valence-electron chi connectivity index (χ0n) is 13.8. The predicted molar refractivity (Wildman–Crippen MR) is 96.3 cm³/mol. The van der Waals surface area contributed by atoms with Gasteiger partial charge in [-0.15, -0.1) is 5.10 Å². The minimum absolute atomic E-state index is 0.337. The lowest BCUT2D eigenvalue weighted by atomic mass is 10.1. The Labute approximate surface area is 148 Å². The zero-order valence-corrected chi connectivity index (χ0v) is 13.8. The SMILES string of the molecule is CNC(=O)Nc1cn2nc(Nc3cccc(-c4cnco4)c3)ccc2n1. The van der Waals surface area contributed by atoms with Crippen LogP contribution in [0.25, 0.3) is 17.0 Å². The maximum Gasteiger partial charge on any atom is 0.320 e. The highest BCUT2D eigenvalue weighted by molar-refractivity contribution is 5.88. The number of anilines is 3. The van der Waals surface area contributed by atoms with Gasteiger partial charge in [0.1, 0.15) is 0 Å². The monoisotopic (exact) mass is 349 g/mol. The lowest BCUT2D eigenvalue weighted by Crippen LogP contribution is -2.24. The van der Waals surface area contributed by atoms with Crippen molar-refractivity contribution in [1.82, 2.24) is 24.9 Å². The molecule has 3 aromatic heterocycles. The van der Waals surface area contributed by atoms with E-state index in [1.807, 2.05) is 36.4 Å². The molecule has 3 heterocycles. The summed E-state index contributed by atoms with van der Waals surface area (Å²) in [6.07, 6.45) is 4.70. The molecule has 26 heavy (non-hydrogen) atoms. The number of imidazole rings is 1. The molecule has 4 rings (SSSR count). The molecule has 0 saturated heterocycles. The second kappa shape index (κ2) is 6.55. The van der Waals surface area contributed by atoms with Crippen molar-refractivity contribution in [3.63, 3.8) is 0 Å². The van der Waals surface area contributed by atoms with Gasteiger partial charge in [0.2, 0.25) is 0 Å². The van der Waals surface area contributed by atoms with E-state index in [0.29, 0.717) is 23.0 Å². The molecular formula is C17H15N7O2. The van der Waals surface area contributed by atoms with Crippen LogP contribution in [0.1, 0.15) is 0 Å². The third kappa shape index (κ3) is 3.18. The molecular weight excluding hydrogens is 334 g/mol. The Kier molecular flexibility index (Phi) is 3.94. The van der Waals surface area contributed by atoms with Crippen molar-refractivity contribution < 1.29 is 9.21 Å². The number of nitrogens with zero attached hydrogens (tertiary/aromatic N) is 4. The number of carbonyl (C=O) groups excluding carboxylic acids is 1. The average molecular weight is 349 g/mol. The van der Waals surface area contributed by atoms with Crippen molar-refractivity contribution in [2.75, 3.05) is 17.7 Å². The van der Waals surface area contributed by atoms with Crippen molar-refractivity contribution in [3.8, 4) is 11.3 Å². The molecule has 130 valence electrons. The number of rotatable bonds is 4. The number of hydrogen-bond acceptors (Lipinski definition) is 6. The van der Waals surface area contributed by atoms with Crippen LogP contribution in [0.15, 0.2) is 59.6 Å². The van der Waals surface area contributed by atoms with E-state index in [4.69, 9.17) is 4.42 Å². The maximum absolute atomic E-state index is 11.4. The Bertz CT molecular complexity index is 1060. The third-order valence-corrected chi connectivity index (χ3v) is 3.64. The zero-order chi connectivity index (χ0) is 17.9. The van der Waals surface area contributed by atoms with Crippen LogP contribution in [0.5, 0.6) is 0 Å². The Hall–Kier alpha value is -3.88. The number of carbonyl (C=O) groups is 1. The van der Waals surface area contributed by atoms with Gasteiger partial charge in [-0.2, -0.15) is 0 Å². The summed E-state index contributed by atoms with van der Waals surface area (Å²) < 4.78 is 6.91. The van der Waals surface area contributed by atoms with Gasteiger partial charge in [-0.1, -0.05) is 12.1 Å². The number of amides is 2. The first-order chi connectivity index (χ1) is 12.7. The fourth-order valence-corrected chi connectivity index (χ4v) is 2.44. The highest BCUT2D eigenvalue weighted by Crippen LogP contribution is 2.24. The van der Waals surface area contributed by atoms with Crippen LogP contribution in [0.2, 0.25) is 0 Å². The Morgan fingerprint density at radius 2 is 2.12 bits per heavy atom. The van der Waals surface area contributed by atoms with E-state index in [9.17, 15) is 4.79 Å². The van der Waals surface area contributed by atoms with Gasteiger partial charge in [0.05, 0.1) is 12.4 Å². The molecule has 0 atom stereocenters. The van der Waals surface area contributed by atoms with Gasteiger partial charge >= 0.3 is 6.03 Å². The van der Waals surface area contributed by atoms with E-state index in [1.54, 1.807) is 16.9 Å². The topological polar surface area (TPSA) is 109 Å². The molecule has 4 aromatic rings. The normalized spacial score (nSPS) is 10.7. The quantitative estimate of drug-likeness (QED) is 0.523. The number of hydrogen-bond donors (Lipinski definition) is 3. The van der Waals surface area contributed by atoms with Crippen LogP contribution in [0.3, 0.4) is 0 Å². The molecule has 0 bridgehead atoms. The Balaban J connectivity index is 1.57. The number of oxazole rings is 1. The first-order valence-electron chi connectivity index (χ1n) is 7.82. The number of urea groups is 1. The summed E-state index contributed by atoms with van der Waals surface area (Å²) in [6, 6.07) is 11.0. The molecule has 1 aromatic carbocycles. The van der Waals surface area contributed by atoms with E-state index in [-0.39, 0.29) is 6.03 Å². The van der Waals surface area contributed by atoms with Gasteiger partial charge in [-0.3, -0.25) is 5.32 Å². The van der Waals surface area contributed by atoms with Gasteiger partial charge in [-0.05, 0) is 24.3 Å². The summed E-state index contributed by atoms with van der Waals surface area (Å²) in [5.74, 6) is 1.74. The van der Waals surface area contributed by atoms with Crippen LogP contribution in [-0.4, -0.2) is 32.7 Å². The van der Waals surface area contributed by atoms with Crippen molar-refractivity contribution in [3.05, 3.63) is 55.2 Å². The maximum atomic E-state index is 11.4. The highest BCUT2D eigenvalue weighted by atomic mass is 16.3. The molecule has 0 spiro atoms. The summed E-state index contributed by atoms with van der Waals surface area (Å²) in [5.41, 5.74) is 2.39. The lowest BCUT2D eigenvalue weighted by Gasteiger charge is -2.07. The van der Waals surface area contributed by atoms with Crippen LogP contribution < -0.4 is 16.0 Å². The van der Waals surface area contributed by atoms with E-state index in [0.717, 1.165) is 11.3 Å². The molecule has 0 unspecified atom stereocenters. The van der Waals surface area contributed by atoms with Gasteiger partial charge in [-0.25, -0.2) is 19.3 Å². The summed E-state index contributed by atoms with van der Waals surface area (Å²) in [6.45, 7) is 0. The summed E-state index contributed by atoms with van der Waals surface area (Å²) in [4.78, 5) is 19.6. The largest absolute Gasteiger partial charge is 0.444 e. The minimum atomic E-state index is -0.337. The standard InChI is InChI=1S/C17H15N7O2/c1-18-17(25)22-15-9-24-16(21-15)6-5-14(23-24)20-12-4-2-3-11(7-12)13-8-19-10-26-13/h2-10H,1H3,(H,20,23)(H2,18,22,25). The van der Waals surface area contributed by atoms with Crippen LogP contribution in [0, 0.1) is 0 Å². The van der Waals surface area contributed by atoms with Crippen LogP contribution in [-0.2, 0) is 0 Å². The summed E-state index contributed by atoms with van der Waals surface area (Å²) >= 11 is 0. The smallest absolute Gasteiger partial charge is 0.320 e. The Morgan fingerprint density at radius 3 is 2.92 bits per heavy atom. The molecule has 0 aliphatic carbocycles. The number of aromatic nitrogens is 4. The first kappa shape index (κ1) is 15.6. The van der Waals surface area contributed by atoms with Gasteiger partial charge in [0.25, 0.3) is 0 Å². The second-order valence-electron chi connectivity index (χ2n) is 5.42. The van der Waals surface area contributed by atoms with E-state index < -0.39 is 0 Å². The van der Waals surface area contributed by atoms with Gasteiger partial charge in [0, 0.05) is 18.3 Å². The molecule has 2 amide bonds. The average Bonchev–Trinajstić information content (AvgIpc) is 3.31. The first-order valence-corrected chi connectivity index (χ1v) is 7.82. The van der Waals surface area contributed by atoms with Crippen molar-refractivity contribution in [2.45, 2.75) is 0 Å². The highest BCUT2D eigenvalue weighted by Gasteiger charge is 2.07. The molecule has 0 radical (unpaired) electrons. The Morgan fingerprint density at radius 1 is 1.19 bits per heavy atom. The summed E-state index contributed by atoms with van der Waals surface area (Å²) in [5, 5.41) is 12.8. The fraction of sp³-hybridized carbons (Fsp3) is 0.0588. The number of benzene rings is 1. The van der Waals surface area contributed by atoms with Crippen molar-refractivity contribution in [2.24, 2.45) is 0 Å². The molecule has 0 aliphatic heterocycles. The lowest BCUT2D eigenvalue weighted by molar-refractivity contribution is 0.254. The minimum Gasteiger partial charge on any atom is -0.444 e. The number of fused-ring (bicyclic) bond motifs is 1. The molecule has 9 nitrogen and oxygen atoms in total. The molecule has 3 N–H and O–H groups in total.